The summed E-state index contributed by atoms with van der Waals surface area (Å²) < 4.78 is 40.2. The summed E-state index contributed by atoms with van der Waals surface area (Å²) in [5, 5.41) is 3.50. The normalized spacial score (nSPS) is 13.5. The number of rotatable bonds is 8. The largest absolute Gasteiger partial charge is 0.573 e. The second-order valence-corrected chi connectivity index (χ2v) is 5.56. The Morgan fingerprint density at radius 2 is 1.76 bits per heavy atom. The number of benzene rings is 1. The number of ether oxygens (including phenoxy) is 1. The van der Waals surface area contributed by atoms with Crippen LogP contribution in [-0.4, -0.2) is 18.4 Å². The maximum atomic E-state index is 12.1. The van der Waals surface area contributed by atoms with Gasteiger partial charge in [0.25, 0.3) is 0 Å². The Labute approximate surface area is 124 Å². The third-order valence-electron chi connectivity index (χ3n) is 3.11. The van der Waals surface area contributed by atoms with Crippen molar-refractivity contribution in [2.45, 2.75) is 64.9 Å². The van der Waals surface area contributed by atoms with Crippen LogP contribution in [0.3, 0.4) is 0 Å². The number of hydrogen-bond donors (Lipinski definition) is 1. The van der Waals surface area contributed by atoms with Gasteiger partial charge in [0.2, 0.25) is 0 Å². The van der Waals surface area contributed by atoms with Crippen molar-refractivity contribution >= 4 is 0 Å². The molecule has 0 aliphatic heterocycles. The lowest BCUT2D eigenvalue weighted by atomic mass is 10.0. The average molecular weight is 303 g/mol. The maximum absolute atomic E-state index is 12.1. The standard InChI is InChI=1S/C16H24F3NO/c1-4-5-6-14(20-12(2)3)11-13-7-9-15(10-8-13)21-16(17,18)19/h7-10,12,14,20H,4-6,11H2,1-3H3. The molecule has 0 heterocycles. The first-order valence-electron chi connectivity index (χ1n) is 7.41. The van der Waals surface area contributed by atoms with Crippen LogP contribution in [0.1, 0.15) is 45.6 Å². The molecular weight excluding hydrogens is 279 g/mol. The molecule has 21 heavy (non-hydrogen) atoms. The third kappa shape index (κ3) is 7.95. The van der Waals surface area contributed by atoms with Crippen LogP contribution in [0.5, 0.6) is 5.75 Å². The number of unbranched alkanes of at least 4 members (excludes halogenated alkanes) is 1. The van der Waals surface area contributed by atoms with Crippen molar-refractivity contribution in [3.8, 4) is 5.75 Å². The zero-order valence-electron chi connectivity index (χ0n) is 12.8. The summed E-state index contributed by atoms with van der Waals surface area (Å²) in [7, 11) is 0. The van der Waals surface area contributed by atoms with E-state index in [1.165, 1.54) is 12.1 Å². The second kappa shape index (κ2) is 8.27. The molecule has 0 bridgehead atoms. The minimum Gasteiger partial charge on any atom is -0.406 e. The van der Waals surface area contributed by atoms with Gasteiger partial charge in [0.1, 0.15) is 5.75 Å². The quantitative estimate of drug-likeness (QED) is 0.752. The van der Waals surface area contributed by atoms with Gasteiger partial charge >= 0.3 is 6.36 Å². The van der Waals surface area contributed by atoms with Gasteiger partial charge in [0.05, 0.1) is 0 Å². The van der Waals surface area contributed by atoms with E-state index in [0.717, 1.165) is 31.2 Å². The van der Waals surface area contributed by atoms with Crippen molar-refractivity contribution in [1.82, 2.24) is 5.32 Å². The fourth-order valence-corrected chi connectivity index (χ4v) is 2.28. The smallest absolute Gasteiger partial charge is 0.406 e. The van der Waals surface area contributed by atoms with E-state index in [1.807, 2.05) is 0 Å². The van der Waals surface area contributed by atoms with E-state index in [-0.39, 0.29) is 5.75 Å². The Morgan fingerprint density at radius 3 is 2.24 bits per heavy atom. The number of hydrogen-bond acceptors (Lipinski definition) is 2. The van der Waals surface area contributed by atoms with Crippen molar-refractivity contribution in [2.24, 2.45) is 0 Å². The van der Waals surface area contributed by atoms with Gasteiger partial charge in [-0.2, -0.15) is 0 Å². The Bertz CT molecular complexity index is 401. The average Bonchev–Trinajstić information content (AvgIpc) is 2.36. The van der Waals surface area contributed by atoms with Crippen LogP contribution < -0.4 is 10.1 Å². The highest BCUT2D eigenvalue weighted by Crippen LogP contribution is 2.23. The fraction of sp³-hybridized carbons (Fsp3) is 0.625. The molecular formula is C16H24F3NO. The van der Waals surface area contributed by atoms with Crippen LogP contribution in [0, 0.1) is 0 Å². The molecule has 0 aromatic heterocycles. The second-order valence-electron chi connectivity index (χ2n) is 5.56. The molecule has 1 atom stereocenters. The van der Waals surface area contributed by atoms with Gasteiger partial charge in [0, 0.05) is 12.1 Å². The molecule has 1 aromatic rings. The minimum absolute atomic E-state index is 0.173. The molecule has 1 N–H and O–H groups in total. The summed E-state index contributed by atoms with van der Waals surface area (Å²) in [4.78, 5) is 0. The van der Waals surface area contributed by atoms with Crippen molar-refractivity contribution in [3.05, 3.63) is 29.8 Å². The number of halogens is 3. The van der Waals surface area contributed by atoms with E-state index in [0.29, 0.717) is 12.1 Å². The summed E-state index contributed by atoms with van der Waals surface area (Å²) >= 11 is 0. The van der Waals surface area contributed by atoms with Gasteiger partial charge in [-0.25, -0.2) is 0 Å². The van der Waals surface area contributed by atoms with Gasteiger partial charge in [-0.15, -0.1) is 13.2 Å². The number of alkyl halides is 3. The third-order valence-corrected chi connectivity index (χ3v) is 3.11. The molecule has 1 rings (SSSR count). The molecule has 0 aliphatic rings. The van der Waals surface area contributed by atoms with E-state index in [4.69, 9.17) is 0 Å². The molecule has 0 amide bonds. The predicted molar refractivity (Wildman–Crippen MR) is 78.4 cm³/mol. The predicted octanol–water partition coefficient (Wildman–Crippen LogP) is 4.68. The molecule has 0 aliphatic carbocycles. The highest BCUT2D eigenvalue weighted by Gasteiger charge is 2.30. The van der Waals surface area contributed by atoms with E-state index >= 15 is 0 Å². The zero-order valence-corrected chi connectivity index (χ0v) is 12.8. The van der Waals surface area contributed by atoms with Crippen molar-refractivity contribution < 1.29 is 17.9 Å². The highest BCUT2D eigenvalue weighted by molar-refractivity contribution is 5.28. The first-order valence-corrected chi connectivity index (χ1v) is 7.41. The summed E-state index contributed by atoms with van der Waals surface area (Å²) in [6, 6.07) is 6.87. The SMILES string of the molecule is CCCCC(Cc1ccc(OC(F)(F)F)cc1)NC(C)C. The lowest BCUT2D eigenvalue weighted by molar-refractivity contribution is -0.274. The highest BCUT2D eigenvalue weighted by atomic mass is 19.4. The fourth-order valence-electron chi connectivity index (χ4n) is 2.28. The molecule has 1 unspecified atom stereocenters. The first kappa shape index (κ1) is 17.8. The Hall–Kier alpha value is -1.23. The van der Waals surface area contributed by atoms with Crippen LogP contribution in [-0.2, 0) is 6.42 Å². The van der Waals surface area contributed by atoms with E-state index in [9.17, 15) is 13.2 Å². The lowest BCUT2D eigenvalue weighted by Gasteiger charge is -2.21. The lowest BCUT2D eigenvalue weighted by Crippen LogP contribution is -2.36. The van der Waals surface area contributed by atoms with E-state index < -0.39 is 6.36 Å². The zero-order chi connectivity index (χ0) is 15.9. The van der Waals surface area contributed by atoms with Crippen molar-refractivity contribution in [3.63, 3.8) is 0 Å². The van der Waals surface area contributed by atoms with E-state index in [2.05, 4.69) is 30.8 Å². The Kier molecular flexibility index (Phi) is 7.02. The molecule has 2 nitrogen and oxygen atoms in total. The molecule has 1 aromatic carbocycles. The summed E-state index contributed by atoms with van der Waals surface area (Å²) in [6.07, 6.45) is -0.487. The molecule has 0 fully saturated rings. The summed E-state index contributed by atoms with van der Waals surface area (Å²) in [6.45, 7) is 6.34. The Morgan fingerprint density at radius 1 is 1.14 bits per heavy atom. The topological polar surface area (TPSA) is 21.3 Å². The summed E-state index contributed by atoms with van der Waals surface area (Å²) in [5.41, 5.74) is 1.01. The van der Waals surface area contributed by atoms with Crippen LogP contribution in [0.15, 0.2) is 24.3 Å². The molecule has 0 saturated carbocycles. The van der Waals surface area contributed by atoms with Gasteiger partial charge in [-0.1, -0.05) is 45.7 Å². The maximum Gasteiger partial charge on any atom is 0.573 e. The van der Waals surface area contributed by atoms with Gasteiger partial charge < -0.3 is 10.1 Å². The molecule has 5 heteroatoms. The van der Waals surface area contributed by atoms with Gasteiger partial charge in [-0.3, -0.25) is 0 Å². The van der Waals surface area contributed by atoms with Crippen LogP contribution in [0.2, 0.25) is 0 Å². The van der Waals surface area contributed by atoms with Gasteiger partial charge in [-0.05, 0) is 30.5 Å². The molecule has 0 spiro atoms. The minimum atomic E-state index is -4.63. The van der Waals surface area contributed by atoms with E-state index in [1.54, 1.807) is 12.1 Å². The molecule has 120 valence electrons. The summed E-state index contributed by atoms with van der Waals surface area (Å²) in [5.74, 6) is -0.173. The Balaban J connectivity index is 2.62. The van der Waals surface area contributed by atoms with Crippen LogP contribution in [0.25, 0.3) is 0 Å². The molecule has 0 radical (unpaired) electrons. The van der Waals surface area contributed by atoms with Crippen LogP contribution >= 0.6 is 0 Å². The van der Waals surface area contributed by atoms with Crippen molar-refractivity contribution in [2.75, 3.05) is 0 Å². The van der Waals surface area contributed by atoms with Crippen molar-refractivity contribution in [1.29, 1.82) is 0 Å². The first-order chi connectivity index (χ1) is 9.80. The molecule has 0 saturated heterocycles. The monoisotopic (exact) mass is 303 g/mol. The number of nitrogens with one attached hydrogen (secondary N) is 1. The van der Waals surface area contributed by atoms with Gasteiger partial charge in [0.15, 0.2) is 0 Å². The van der Waals surface area contributed by atoms with Crippen LogP contribution in [0.4, 0.5) is 13.2 Å².